The fraction of sp³-hybridized carbons (Fsp3) is 0.412. The molecule has 0 bridgehead atoms. The van der Waals surface area contributed by atoms with Gasteiger partial charge in [0.1, 0.15) is 11.9 Å². The summed E-state index contributed by atoms with van der Waals surface area (Å²) in [5, 5.41) is 17.4. The highest BCUT2D eigenvalue weighted by Gasteiger charge is 2.26. The van der Waals surface area contributed by atoms with Crippen LogP contribution in [0, 0.1) is 17.0 Å². The number of rotatable bonds is 7. The molecule has 1 N–H and O–H groups in total. The number of nitro groups is 1. The number of hydrogen-bond donors (Lipinski definition) is 1. The molecule has 0 radical (unpaired) electrons. The van der Waals surface area contributed by atoms with E-state index in [-0.39, 0.29) is 29.5 Å². The summed E-state index contributed by atoms with van der Waals surface area (Å²) in [6.07, 6.45) is 1.22. The van der Waals surface area contributed by atoms with Crippen LogP contribution in [0.1, 0.15) is 12.1 Å². The first-order valence-corrected chi connectivity index (χ1v) is 10.4. The highest BCUT2D eigenvalue weighted by atomic mass is 32.2. The molecule has 29 heavy (non-hydrogen) atoms. The monoisotopic (exact) mass is 423 g/mol. The zero-order chi connectivity index (χ0) is 21.0. The minimum Gasteiger partial charge on any atom is -0.379 e. The standard InChI is InChI=1S/C17H21N5O6S/c1-13-16(22(24)25)12-18-21(13)7-6-17(23)19-14-2-4-15(5-3-14)29(26,27)20-8-10-28-11-9-20/h2-5,12H,6-11H2,1H3,(H,19,23). The van der Waals surface area contributed by atoms with Crippen LogP contribution in [-0.2, 0) is 26.1 Å². The predicted octanol–water partition coefficient (Wildman–Crippen LogP) is 1.15. The van der Waals surface area contributed by atoms with Crippen LogP contribution in [0.5, 0.6) is 0 Å². The van der Waals surface area contributed by atoms with Crippen molar-refractivity contribution in [3.63, 3.8) is 0 Å². The molecule has 0 unspecified atom stereocenters. The van der Waals surface area contributed by atoms with E-state index in [0.29, 0.717) is 37.7 Å². The van der Waals surface area contributed by atoms with Gasteiger partial charge < -0.3 is 10.1 Å². The Kier molecular flexibility index (Phi) is 6.25. The van der Waals surface area contributed by atoms with Crippen molar-refractivity contribution >= 4 is 27.3 Å². The minimum atomic E-state index is -3.59. The molecule has 156 valence electrons. The Balaban J connectivity index is 1.58. The topological polar surface area (TPSA) is 137 Å². The number of aromatic nitrogens is 2. The number of ether oxygens (including phenoxy) is 1. The van der Waals surface area contributed by atoms with E-state index in [9.17, 15) is 23.3 Å². The molecule has 1 saturated heterocycles. The fourth-order valence-corrected chi connectivity index (χ4v) is 4.33. The van der Waals surface area contributed by atoms with Crippen LogP contribution in [0.25, 0.3) is 0 Å². The highest BCUT2D eigenvalue weighted by molar-refractivity contribution is 7.89. The molecule has 11 nitrogen and oxygen atoms in total. The van der Waals surface area contributed by atoms with Crippen LogP contribution >= 0.6 is 0 Å². The van der Waals surface area contributed by atoms with Gasteiger partial charge in [-0.05, 0) is 31.2 Å². The number of nitrogens with one attached hydrogen (secondary N) is 1. The Labute approximate surface area is 167 Å². The normalized spacial score (nSPS) is 15.2. The van der Waals surface area contributed by atoms with E-state index in [0.717, 1.165) is 6.20 Å². The molecular weight excluding hydrogens is 402 g/mol. The zero-order valence-electron chi connectivity index (χ0n) is 15.8. The Bertz CT molecular complexity index is 996. The summed E-state index contributed by atoms with van der Waals surface area (Å²) in [5.41, 5.74) is 0.738. The van der Waals surface area contributed by atoms with Crippen molar-refractivity contribution in [1.82, 2.24) is 14.1 Å². The second-order valence-electron chi connectivity index (χ2n) is 6.43. The molecule has 0 atom stereocenters. The number of hydrogen-bond acceptors (Lipinski definition) is 7. The van der Waals surface area contributed by atoms with Crippen LogP contribution in [0.4, 0.5) is 11.4 Å². The van der Waals surface area contributed by atoms with Gasteiger partial charge in [0.05, 0.1) is 29.6 Å². The third kappa shape index (κ3) is 4.78. The lowest BCUT2D eigenvalue weighted by Gasteiger charge is -2.26. The third-order valence-corrected chi connectivity index (χ3v) is 6.48. The molecule has 12 heteroatoms. The van der Waals surface area contributed by atoms with E-state index in [1.807, 2.05) is 0 Å². The largest absolute Gasteiger partial charge is 0.379 e. The molecule has 1 aliphatic rings. The van der Waals surface area contributed by atoms with Crippen molar-refractivity contribution in [2.75, 3.05) is 31.6 Å². The average Bonchev–Trinajstić information content (AvgIpc) is 3.08. The summed E-state index contributed by atoms with van der Waals surface area (Å²) in [6, 6.07) is 5.94. The van der Waals surface area contributed by atoms with Crippen LogP contribution in [-0.4, -0.2) is 59.6 Å². The van der Waals surface area contributed by atoms with E-state index >= 15 is 0 Å². The Hall–Kier alpha value is -2.83. The maximum Gasteiger partial charge on any atom is 0.309 e. The van der Waals surface area contributed by atoms with E-state index in [2.05, 4.69) is 10.4 Å². The van der Waals surface area contributed by atoms with Gasteiger partial charge in [0, 0.05) is 25.2 Å². The Morgan fingerprint density at radius 2 is 1.93 bits per heavy atom. The minimum absolute atomic E-state index is 0.0630. The van der Waals surface area contributed by atoms with Gasteiger partial charge in [-0.25, -0.2) is 8.42 Å². The smallest absolute Gasteiger partial charge is 0.309 e. The number of carbonyl (C=O) groups excluding carboxylic acids is 1. The summed E-state index contributed by atoms with van der Waals surface area (Å²) in [6.45, 7) is 3.11. The summed E-state index contributed by atoms with van der Waals surface area (Å²) in [5.74, 6) is -0.314. The van der Waals surface area contributed by atoms with Gasteiger partial charge in [-0.15, -0.1) is 0 Å². The van der Waals surface area contributed by atoms with Crippen LogP contribution in [0.2, 0.25) is 0 Å². The van der Waals surface area contributed by atoms with Crippen molar-refractivity contribution in [3.8, 4) is 0 Å². The lowest BCUT2D eigenvalue weighted by Crippen LogP contribution is -2.40. The Morgan fingerprint density at radius 1 is 1.28 bits per heavy atom. The van der Waals surface area contributed by atoms with Crippen molar-refractivity contribution in [2.24, 2.45) is 0 Å². The molecular formula is C17H21N5O6S. The van der Waals surface area contributed by atoms with Gasteiger partial charge >= 0.3 is 5.69 Å². The fourth-order valence-electron chi connectivity index (χ4n) is 2.92. The zero-order valence-corrected chi connectivity index (χ0v) is 16.6. The first kappa shape index (κ1) is 20.9. The molecule has 0 saturated carbocycles. The predicted molar refractivity (Wildman–Crippen MR) is 103 cm³/mol. The molecule has 1 fully saturated rings. The number of anilines is 1. The molecule has 0 spiro atoms. The first-order valence-electron chi connectivity index (χ1n) is 8.93. The summed E-state index contributed by atoms with van der Waals surface area (Å²) < 4.78 is 33.1. The summed E-state index contributed by atoms with van der Waals surface area (Å²) in [4.78, 5) is 22.6. The van der Waals surface area contributed by atoms with Gasteiger partial charge in [-0.1, -0.05) is 0 Å². The number of sulfonamides is 1. The maximum absolute atomic E-state index is 12.6. The average molecular weight is 423 g/mol. The summed E-state index contributed by atoms with van der Waals surface area (Å²) in [7, 11) is -3.59. The highest BCUT2D eigenvalue weighted by Crippen LogP contribution is 2.20. The van der Waals surface area contributed by atoms with E-state index in [4.69, 9.17) is 4.74 Å². The molecule has 1 aromatic carbocycles. The second-order valence-corrected chi connectivity index (χ2v) is 8.37. The SMILES string of the molecule is Cc1c([N+](=O)[O-])cnn1CCC(=O)Nc1ccc(S(=O)(=O)N2CCOCC2)cc1. The first-order chi connectivity index (χ1) is 13.8. The molecule has 2 aromatic rings. The summed E-state index contributed by atoms with van der Waals surface area (Å²) >= 11 is 0. The van der Waals surface area contributed by atoms with Gasteiger partial charge in [-0.2, -0.15) is 9.40 Å². The molecule has 1 aromatic heterocycles. The van der Waals surface area contributed by atoms with Crippen molar-refractivity contribution < 1.29 is 22.9 Å². The molecule has 1 amide bonds. The van der Waals surface area contributed by atoms with Gasteiger partial charge in [0.2, 0.25) is 15.9 Å². The quantitative estimate of drug-likeness (QED) is 0.521. The molecule has 0 aliphatic carbocycles. The van der Waals surface area contributed by atoms with Crippen LogP contribution in [0.3, 0.4) is 0 Å². The second kappa shape index (κ2) is 8.68. The molecule has 2 heterocycles. The van der Waals surface area contributed by atoms with Crippen molar-refractivity contribution in [3.05, 3.63) is 46.3 Å². The lowest BCUT2D eigenvalue weighted by molar-refractivity contribution is -0.385. The molecule has 1 aliphatic heterocycles. The lowest BCUT2D eigenvalue weighted by atomic mass is 10.3. The van der Waals surface area contributed by atoms with Gasteiger partial charge in [0.25, 0.3) is 0 Å². The van der Waals surface area contributed by atoms with Crippen molar-refractivity contribution in [1.29, 1.82) is 0 Å². The van der Waals surface area contributed by atoms with E-state index in [1.54, 1.807) is 6.92 Å². The van der Waals surface area contributed by atoms with Gasteiger partial charge in [-0.3, -0.25) is 19.6 Å². The number of nitrogens with zero attached hydrogens (tertiary/aromatic N) is 4. The number of amides is 1. The molecule has 3 rings (SSSR count). The van der Waals surface area contributed by atoms with Crippen LogP contribution in [0.15, 0.2) is 35.4 Å². The Morgan fingerprint density at radius 3 is 2.52 bits per heavy atom. The van der Waals surface area contributed by atoms with E-state index in [1.165, 1.54) is 33.3 Å². The number of carbonyl (C=O) groups is 1. The third-order valence-electron chi connectivity index (χ3n) is 4.57. The van der Waals surface area contributed by atoms with Crippen LogP contribution < -0.4 is 5.32 Å². The van der Waals surface area contributed by atoms with Gasteiger partial charge in [0.15, 0.2) is 0 Å². The number of aryl methyl sites for hydroxylation is 1. The number of benzene rings is 1. The van der Waals surface area contributed by atoms with E-state index < -0.39 is 14.9 Å². The maximum atomic E-state index is 12.6. The number of morpholine rings is 1. The van der Waals surface area contributed by atoms with Crippen molar-refractivity contribution in [2.45, 2.75) is 24.8 Å².